The molecule has 24 heavy (non-hydrogen) atoms. The fraction of sp³-hybridized carbons (Fsp3) is 0.158. The number of hydrogen-bond acceptors (Lipinski definition) is 2. The number of amides is 1. The lowest BCUT2D eigenvalue weighted by atomic mass is 10.1. The van der Waals surface area contributed by atoms with Crippen LogP contribution in [-0.4, -0.2) is 17.4 Å². The molecule has 3 aromatic rings. The van der Waals surface area contributed by atoms with Crippen LogP contribution >= 0.6 is 0 Å². The van der Waals surface area contributed by atoms with E-state index in [1.807, 2.05) is 6.07 Å². The van der Waals surface area contributed by atoms with Crippen molar-refractivity contribution in [1.82, 2.24) is 10.3 Å². The van der Waals surface area contributed by atoms with E-state index in [0.717, 1.165) is 5.56 Å². The summed E-state index contributed by atoms with van der Waals surface area (Å²) in [4.78, 5) is 16.7. The monoisotopic (exact) mass is 326 g/mol. The van der Waals surface area contributed by atoms with Crippen molar-refractivity contribution >= 4 is 16.8 Å². The maximum Gasteiger partial charge on any atom is 0.252 e. The highest BCUT2D eigenvalue weighted by Gasteiger charge is 2.12. The minimum atomic E-state index is -0.391. The fourth-order valence-electron chi connectivity index (χ4n) is 2.63. The largest absolute Gasteiger partial charge is 0.352 e. The molecule has 0 unspecified atom stereocenters. The summed E-state index contributed by atoms with van der Waals surface area (Å²) in [5.41, 5.74) is 2.36. The summed E-state index contributed by atoms with van der Waals surface area (Å²) in [5, 5.41) is 3.42. The van der Waals surface area contributed by atoms with Gasteiger partial charge in [0.15, 0.2) is 0 Å². The molecular formula is C19H16F2N2O. The molecule has 3 nitrogen and oxygen atoms in total. The molecule has 0 bridgehead atoms. The van der Waals surface area contributed by atoms with Crippen LogP contribution in [0.15, 0.2) is 48.5 Å². The number of halogens is 2. The van der Waals surface area contributed by atoms with Crippen LogP contribution in [0.1, 0.15) is 21.6 Å². The number of aromatic nitrogens is 1. The zero-order valence-electron chi connectivity index (χ0n) is 13.1. The maximum absolute atomic E-state index is 13.4. The average Bonchev–Trinajstić information content (AvgIpc) is 2.53. The number of aryl methyl sites for hydroxylation is 1. The van der Waals surface area contributed by atoms with Crippen LogP contribution in [0.4, 0.5) is 8.78 Å². The molecule has 122 valence electrons. The van der Waals surface area contributed by atoms with E-state index in [2.05, 4.69) is 10.3 Å². The number of rotatable bonds is 4. The van der Waals surface area contributed by atoms with Crippen LogP contribution in [0.3, 0.4) is 0 Å². The SMILES string of the molecule is Cc1cc(C(=O)NCCc2cccc(F)c2)c2ccc(F)cc2n1. The first-order valence-corrected chi connectivity index (χ1v) is 7.62. The normalized spacial score (nSPS) is 10.8. The van der Waals surface area contributed by atoms with Gasteiger partial charge in [-0.15, -0.1) is 0 Å². The third kappa shape index (κ3) is 3.56. The van der Waals surface area contributed by atoms with E-state index in [4.69, 9.17) is 0 Å². The Kier molecular flexibility index (Phi) is 4.51. The van der Waals surface area contributed by atoms with Crippen molar-refractivity contribution in [3.63, 3.8) is 0 Å². The summed E-state index contributed by atoms with van der Waals surface area (Å²) in [6.07, 6.45) is 0.528. The van der Waals surface area contributed by atoms with Gasteiger partial charge in [0.05, 0.1) is 11.1 Å². The minimum Gasteiger partial charge on any atom is -0.352 e. The van der Waals surface area contributed by atoms with Gasteiger partial charge in [-0.2, -0.15) is 0 Å². The van der Waals surface area contributed by atoms with Gasteiger partial charge in [0.2, 0.25) is 0 Å². The number of carbonyl (C=O) groups is 1. The van der Waals surface area contributed by atoms with Gasteiger partial charge in [-0.1, -0.05) is 12.1 Å². The third-order valence-corrected chi connectivity index (χ3v) is 3.73. The van der Waals surface area contributed by atoms with E-state index in [1.165, 1.54) is 24.3 Å². The molecule has 0 saturated heterocycles. The molecule has 2 aromatic carbocycles. The Labute approximate surface area is 138 Å². The minimum absolute atomic E-state index is 0.256. The van der Waals surface area contributed by atoms with Crippen LogP contribution < -0.4 is 5.32 Å². The van der Waals surface area contributed by atoms with Crippen molar-refractivity contribution in [2.24, 2.45) is 0 Å². The molecule has 1 heterocycles. The Balaban J connectivity index is 1.76. The van der Waals surface area contributed by atoms with E-state index >= 15 is 0 Å². The van der Waals surface area contributed by atoms with Gasteiger partial charge in [-0.05, 0) is 49.2 Å². The van der Waals surface area contributed by atoms with E-state index in [1.54, 1.807) is 25.1 Å². The van der Waals surface area contributed by atoms with Gasteiger partial charge in [0.25, 0.3) is 5.91 Å². The highest BCUT2D eigenvalue weighted by Crippen LogP contribution is 2.19. The molecule has 0 saturated carbocycles. The lowest BCUT2D eigenvalue weighted by Gasteiger charge is -2.09. The van der Waals surface area contributed by atoms with E-state index in [0.29, 0.717) is 35.1 Å². The molecule has 1 aromatic heterocycles. The number of fused-ring (bicyclic) bond motifs is 1. The van der Waals surface area contributed by atoms with Gasteiger partial charge in [0.1, 0.15) is 11.6 Å². The standard InChI is InChI=1S/C19H16F2N2O/c1-12-9-17(16-6-5-15(21)11-18(16)23-12)19(24)22-8-7-13-3-2-4-14(20)10-13/h2-6,9-11H,7-8H2,1H3,(H,22,24). The van der Waals surface area contributed by atoms with Crippen LogP contribution in [0.2, 0.25) is 0 Å². The highest BCUT2D eigenvalue weighted by molar-refractivity contribution is 6.06. The summed E-state index contributed by atoms with van der Waals surface area (Å²) in [7, 11) is 0. The van der Waals surface area contributed by atoms with E-state index in [-0.39, 0.29) is 11.7 Å². The number of benzene rings is 2. The van der Waals surface area contributed by atoms with Crippen LogP contribution in [-0.2, 0) is 6.42 Å². The smallest absolute Gasteiger partial charge is 0.252 e. The van der Waals surface area contributed by atoms with Gasteiger partial charge >= 0.3 is 0 Å². The van der Waals surface area contributed by atoms with Crippen molar-refractivity contribution in [2.75, 3.05) is 6.54 Å². The van der Waals surface area contributed by atoms with Crippen molar-refractivity contribution in [2.45, 2.75) is 13.3 Å². The first-order chi connectivity index (χ1) is 11.5. The van der Waals surface area contributed by atoms with Crippen LogP contribution in [0.5, 0.6) is 0 Å². The zero-order chi connectivity index (χ0) is 17.1. The lowest BCUT2D eigenvalue weighted by Crippen LogP contribution is -2.26. The van der Waals surface area contributed by atoms with Crippen molar-refractivity contribution < 1.29 is 13.6 Å². The number of hydrogen-bond donors (Lipinski definition) is 1. The van der Waals surface area contributed by atoms with Crippen LogP contribution in [0, 0.1) is 18.6 Å². The summed E-state index contributed by atoms with van der Waals surface area (Å²) < 4.78 is 26.5. The Morgan fingerprint density at radius 3 is 2.67 bits per heavy atom. The fourth-order valence-corrected chi connectivity index (χ4v) is 2.63. The average molecular weight is 326 g/mol. The molecule has 0 atom stereocenters. The first-order valence-electron chi connectivity index (χ1n) is 7.62. The quantitative estimate of drug-likeness (QED) is 0.792. The third-order valence-electron chi connectivity index (χ3n) is 3.73. The summed E-state index contributed by atoms with van der Waals surface area (Å²) >= 11 is 0. The summed E-state index contributed by atoms with van der Waals surface area (Å²) in [6.45, 7) is 2.14. The molecule has 0 aliphatic rings. The predicted molar refractivity (Wildman–Crippen MR) is 88.9 cm³/mol. The second-order valence-corrected chi connectivity index (χ2v) is 5.61. The lowest BCUT2D eigenvalue weighted by molar-refractivity contribution is 0.0955. The summed E-state index contributed by atoms with van der Waals surface area (Å²) in [5.74, 6) is -0.942. The topological polar surface area (TPSA) is 42.0 Å². The first kappa shape index (κ1) is 16.1. The molecule has 5 heteroatoms. The Hall–Kier alpha value is -2.82. The molecular weight excluding hydrogens is 310 g/mol. The number of nitrogens with one attached hydrogen (secondary N) is 1. The maximum atomic E-state index is 13.4. The Bertz CT molecular complexity index is 904. The zero-order valence-corrected chi connectivity index (χ0v) is 13.1. The Morgan fingerprint density at radius 1 is 1.08 bits per heavy atom. The molecule has 0 aliphatic carbocycles. The van der Waals surface area contributed by atoms with Crippen molar-refractivity contribution in [1.29, 1.82) is 0 Å². The van der Waals surface area contributed by atoms with E-state index in [9.17, 15) is 13.6 Å². The van der Waals surface area contributed by atoms with Crippen molar-refractivity contribution in [3.05, 3.63) is 77.0 Å². The highest BCUT2D eigenvalue weighted by atomic mass is 19.1. The second-order valence-electron chi connectivity index (χ2n) is 5.61. The molecule has 1 N–H and O–H groups in total. The Morgan fingerprint density at radius 2 is 1.88 bits per heavy atom. The predicted octanol–water partition coefficient (Wildman–Crippen LogP) is 3.79. The van der Waals surface area contributed by atoms with Gasteiger partial charge < -0.3 is 5.32 Å². The van der Waals surface area contributed by atoms with Gasteiger partial charge in [-0.3, -0.25) is 9.78 Å². The van der Waals surface area contributed by atoms with Crippen molar-refractivity contribution in [3.8, 4) is 0 Å². The number of nitrogens with zero attached hydrogens (tertiary/aromatic N) is 1. The van der Waals surface area contributed by atoms with Gasteiger partial charge in [-0.25, -0.2) is 8.78 Å². The van der Waals surface area contributed by atoms with E-state index < -0.39 is 5.82 Å². The molecule has 0 radical (unpaired) electrons. The molecule has 0 aliphatic heterocycles. The molecule has 3 rings (SSSR count). The number of carbonyl (C=O) groups excluding carboxylic acids is 1. The van der Waals surface area contributed by atoms with Gasteiger partial charge in [0, 0.05) is 23.7 Å². The number of pyridine rings is 1. The molecule has 1 amide bonds. The molecule has 0 fully saturated rings. The summed E-state index contributed by atoms with van der Waals surface area (Å²) in [6, 6.07) is 12.1. The second kappa shape index (κ2) is 6.74. The molecule has 0 spiro atoms. The van der Waals surface area contributed by atoms with Crippen LogP contribution in [0.25, 0.3) is 10.9 Å².